The van der Waals surface area contributed by atoms with Crippen LogP contribution in [0.4, 0.5) is 11.4 Å². The van der Waals surface area contributed by atoms with Crippen LogP contribution in [0.5, 0.6) is 11.5 Å². The molecule has 0 unspecified atom stereocenters. The van der Waals surface area contributed by atoms with Gasteiger partial charge in [0.25, 0.3) is 0 Å². The molecular formula is C21H22ClN3O4. The number of amides is 1. The molecule has 8 heteroatoms. The lowest BCUT2D eigenvalue weighted by atomic mass is 10.1. The van der Waals surface area contributed by atoms with Gasteiger partial charge in [-0.1, -0.05) is 17.7 Å². The van der Waals surface area contributed by atoms with E-state index in [-0.39, 0.29) is 25.0 Å². The molecule has 29 heavy (non-hydrogen) atoms. The van der Waals surface area contributed by atoms with Crippen LogP contribution in [0.1, 0.15) is 17.3 Å². The Bertz CT molecular complexity index is 942. The Balaban J connectivity index is 1.36. The van der Waals surface area contributed by atoms with E-state index in [1.165, 1.54) is 6.92 Å². The molecule has 2 aromatic carbocycles. The average molecular weight is 416 g/mol. The van der Waals surface area contributed by atoms with Crippen LogP contribution < -0.4 is 19.7 Å². The van der Waals surface area contributed by atoms with E-state index >= 15 is 0 Å². The Morgan fingerprint density at radius 3 is 2.48 bits per heavy atom. The van der Waals surface area contributed by atoms with Gasteiger partial charge >= 0.3 is 0 Å². The van der Waals surface area contributed by atoms with Crippen LogP contribution in [0.2, 0.25) is 5.02 Å². The molecule has 1 N–H and O–H groups in total. The fraction of sp³-hybridized carbons (Fsp3) is 0.333. The maximum atomic E-state index is 12.6. The van der Waals surface area contributed by atoms with Gasteiger partial charge in [0.05, 0.1) is 12.2 Å². The topological polar surface area (TPSA) is 71.1 Å². The monoisotopic (exact) mass is 415 g/mol. The number of rotatable bonds is 5. The fourth-order valence-electron chi connectivity index (χ4n) is 3.57. The van der Waals surface area contributed by atoms with Gasteiger partial charge in [0.15, 0.2) is 17.3 Å². The number of halogens is 1. The summed E-state index contributed by atoms with van der Waals surface area (Å²) in [5, 5.41) is 3.57. The van der Waals surface area contributed by atoms with Crippen LogP contribution in [0, 0.1) is 0 Å². The highest BCUT2D eigenvalue weighted by Gasteiger charge is 2.23. The van der Waals surface area contributed by atoms with Gasteiger partial charge < -0.3 is 19.7 Å². The van der Waals surface area contributed by atoms with Crippen molar-refractivity contribution in [1.29, 1.82) is 0 Å². The number of benzene rings is 2. The molecule has 0 aromatic heterocycles. The molecule has 1 amide bonds. The quantitative estimate of drug-likeness (QED) is 0.757. The summed E-state index contributed by atoms with van der Waals surface area (Å²) < 4.78 is 10.7. The molecule has 152 valence electrons. The van der Waals surface area contributed by atoms with Gasteiger partial charge in [0.1, 0.15) is 0 Å². The zero-order valence-electron chi connectivity index (χ0n) is 16.1. The summed E-state index contributed by atoms with van der Waals surface area (Å²) >= 11 is 6.08. The van der Waals surface area contributed by atoms with Crippen LogP contribution in [0.15, 0.2) is 36.4 Å². The molecule has 0 radical (unpaired) electrons. The number of hydrogen-bond acceptors (Lipinski definition) is 6. The highest BCUT2D eigenvalue weighted by Crippen LogP contribution is 2.37. The second-order valence-corrected chi connectivity index (χ2v) is 7.53. The van der Waals surface area contributed by atoms with Crippen LogP contribution in [0.25, 0.3) is 0 Å². The SMILES string of the molecule is CC(=O)c1cc2c(cc1NC(=O)CN1CCN(c3cccc(Cl)c3)CC1)OCO2. The van der Waals surface area contributed by atoms with Crippen LogP contribution >= 0.6 is 11.6 Å². The van der Waals surface area contributed by atoms with Gasteiger partial charge in [-0.2, -0.15) is 0 Å². The minimum atomic E-state index is -0.164. The van der Waals surface area contributed by atoms with Gasteiger partial charge in [-0.25, -0.2) is 0 Å². The average Bonchev–Trinajstić information content (AvgIpc) is 3.15. The second kappa shape index (κ2) is 8.31. The summed E-state index contributed by atoms with van der Waals surface area (Å²) in [5.41, 5.74) is 1.95. The number of fused-ring (bicyclic) bond motifs is 1. The van der Waals surface area contributed by atoms with Gasteiger partial charge in [0.2, 0.25) is 12.7 Å². The maximum Gasteiger partial charge on any atom is 0.238 e. The number of ether oxygens (including phenoxy) is 2. The van der Waals surface area contributed by atoms with Gasteiger partial charge in [-0.3, -0.25) is 14.5 Å². The summed E-state index contributed by atoms with van der Waals surface area (Å²) in [5.74, 6) is 0.738. The number of ketones is 1. The van der Waals surface area contributed by atoms with Crippen molar-refractivity contribution in [3.8, 4) is 11.5 Å². The number of anilines is 2. The number of nitrogens with one attached hydrogen (secondary N) is 1. The standard InChI is InChI=1S/C21H22ClN3O4/c1-14(26)17-10-19-20(29-13-28-19)11-18(17)23-21(27)12-24-5-7-25(8-6-24)16-4-2-3-15(22)9-16/h2-4,9-11H,5-8,12-13H2,1H3,(H,23,27). The first kappa shape index (κ1) is 19.5. The van der Waals surface area contributed by atoms with E-state index in [9.17, 15) is 9.59 Å². The number of nitrogens with zero attached hydrogens (tertiary/aromatic N) is 2. The Labute approximate surface area is 174 Å². The van der Waals surface area contributed by atoms with Crippen molar-refractivity contribution in [2.75, 3.05) is 49.7 Å². The van der Waals surface area contributed by atoms with Crippen LogP contribution in [0.3, 0.4) is 0 Å². The molecule has 0 bridgehead atoms. The third kappa shape index (κ3) is 4.46. The molecule has 2 aromatic rings. The molecule has 2 aliphatic heterocycles. The van der Waals surface area contributed by atoms with Gasteiger partial charge in [-0.15, -0.1) is 0 Å². The van der Waals surface area contributed by atoms with E-state index in [0.717, 1.165) is 31.9 Å². The normalized spacial score (nSPS) is 16.0. The minimum absolute atomic E-state index is 0.112. The van der Waals surface area contributed by atoms with E-state index in [1.54, 1.807) is 12.1 Å². The van der Waals surface area contributed by atoms with E-state index in [1.807, 2.05) is 24.3 Å². The summed E-state index contributed by atoms with van der Waals surface area (Å²) in [7, 11) is 0. The molecule has 0 saturated carbocycles. The van der Waals surface area contributed by atoms with E-state index in [0.29, 0.717) is 27.8 Å². The second-order valence-electron chi connectivity index (χ2n) is 7.10. The third-order valence-corrected chi connectivity index (χ3v) is 5.31. The number of carbonyl (C=O) groups is 2. The lowest BCUT2D eigenvalue weighted by Gasteiger charge is -2.35. The first-order chi connectivity index (χ1) is 14.0. The largest absolute Gasteiger partial charge is 0.454 e. The Hall–Kier alpha value is -2.77. The van der Waals surface area contributed by atoms with Crippen molar-refractivity contribution < 1.29 is 19.1 Å². The summed E-state index contributed by atoms with van der Waals surface area (Å²) in [6.45, 7) is 4.99. The van der Waals surface area contributed by atoms with Crippen LogP contribution in [-0.2, 0) is 4.79 Å². The minimum Gasteiger partial charge on any atom is -0.454 e. The molecule has 7 nitrogen and oxygen atoms in total. The molecule has 0 atom stereocenters. The highest BCUT2D eigenvalue weighted by atomic mass is 35.5. The zero-order valence-corrected chi connectivity index (χ0v) is 16.9. The predicted molar refractivity (Wildman–Crippen MR) is 111 cm³/mol. The van der Waals surface area contributed by atoms with Crippen molar-refractivity contribution >= 4 is 34.7 Å². The van der Waals surface area contributed by atoms with Crippen molar-refractivity contribution in [3.05, 3.63) is 47.0 Å². The Morgan fingerprint density at radius 2 is 1.79 bits per heavy atom. The molecular weight excluding hydrogens is 394 g/mol. The lowest BCUT2D eigenvalue weighted by Crippen LogP contribution is -2.48. The number of carbonyl (C=O) groups excluding carboxylic acids is 2. The number of Topliss-reactive ketones (excluding diaryl/α,β-unsaturated/α-hetero) is 1. The fourth-order valence-corrected chi connectivity index (χ4v) is 3.75. The summed E-state index contributed by atoms with van der Waals surface area (Å²) in [4.78, 5) is 28.9. The van der Waals surface area contributed by atoms with Crippen LogP contribution in [-0.4, -0.2) is 56.1 Å². The van der Waals surface area contributed by atoms with Crippen molar-refractivity contribution in [3.63, 3.8) is 0 Å². The number of hydrogen-bond donors (Lipinski definition) is 1. The molecule has 2 aliphatic rings. The summed E-state index contributed by atoms with van der Waals surface area (Å²) in [6, 6.07) is 11.1. The summed E-state index contributed by atoms with van der Waals surface area (Å²) in [6.07, 6.45) is 0. The van der Waals surface area contributed by atoms with E-state index in [4.69, 9.17) is 21.1 Å². The molecule has 4 rings (SSSR count). The smallest absolute Gasteiger partial charge is 0.238 e. The molecule has 0 aliphatic carbocycles. The maximum absolute atomic E-state index is 12.6. The van der Waals surface area contributed by atoms with Crippen molar-refractivity contribution in [2.45, 2.75) is 6.92 Å². The molecule has 1 saturated heterocycles. The Kier molecular flexibility index (Phi) is 5.60. The highest BCUT2D eigenvalue weighted by molar-refractivity contribution is 6.30. The van der Waals surface area contributed by atoms with Gasteiger partial charge in [0, 0.05) is 48.5 Å². The lowest BCUT2D eigenvalue weighted by molar-refractivity contribution is -0.117. The first-order valence-electron chi connectivity index (χ1n) is 9.47. The molecule has 0 spiro atoms. The van der Waals surface area contributed by atoms with E-state index in [2.05, 4.69) is 15.1 Å². The Morgan fingerprint density at radius 1 is 1.07 bits per heavy atom. The predicted octanol–water partition coefficient (Wildman–Crippen LogP) is 3.03. The zero-order chi connectivity index (χ0) is 20.4. The molecule has 2 heterocycles. The number of piperazine rings is 1. The molecule has 1 fully saturated rings. The van der Waals surface area contributed by atoms with E-state index < -0.39 is 0 Å². The van der Waals surface area contributed by atoms with Crippen molar-refractivity contribution in [1.82, 2.24) is 4.90 Å². The van der Waals surface area contributed by atoms with Crippen molar-refractivity contribution in [2.24, 2.45) is 0 Å². The third-order valence-electron chi connectivity index (χ3n) is 5.08. The van der Waals surface area contributed by atoms with Gasteiger partial charge in [-0.05, 0) is 31.2 Å². The first-order valence-corrected chi connectivity index (χ1v) is 9.85.